The lowest BCUT2D eigenvalue weighted by Crippen LogP contribution is -2.62. The van der Waals surface area contributed by atoms with Crippen molar-refractivity contribution in [1.29, 1.82) is 0 Å². The SMILES string of the molecule is CC(=O)O[C@@H]1[C@@H](OC(C)=O)[C@H](C)O[C@@H](Oc2cc3c(c4ccccc24)[C@H]([C@@H](C)Cl)CN3C(=O)c2cc3cc(OCCN(C)C)ccc3[nH]2)[C@@H]1OC(C)=O. The number of rotatable bonds is 11. The summed E-state index contributed by atoms with van der Waals surface area (Å²) >= 11 is 6.82. The minimum Gasteiger partial charge on any atom is -0.492 e. The van der Waals surface area contributed by atoms with Gasteiger partial charge in [0.15, 0.2) is 12.2 Å². The second-order valence-corrected chi connectivity index (χ2v) is 14.4. The van der Waals surface area contributed by atoms with Gasteiger partial charge in [0, 0.05) is 67.5 Å². The van der Waals surface area contributed by atoms with E-state index in [1.807, 2.05) is 74.4 Å². The molecule has 2 aliphatic heterocycles. The molecule has 0 spiro atoms. The van der Waals surface area contributed by atoms with Crippen LogP contribution in [0.1, 0.15) is 56.6 Å². The molecule has 1 N–H and O–H groups in total. The van der Waals surface area contributed by atoms with Crippen LogP contribution in [0.15, 0.2) is 54.6 Å². The summed E-state index contributed by atoms with van der Waals surface area (Å²) < 4.78 is 35.4. The van der Waals surface area contributed by atoms with Gasteiger partial charge in [-0.15, -0.1) is 11.6 Å². The average molecular weight is 750 g/mol. The summed E-state index contributed by atoms with van der Waals surface area (Å²) in [7, 11) is 3.96. The first-order valence-corrected chi connectivity index (χ1v) is 17.9. The van der Waals surface area contributed by atoms with E-state index in [1.54, 1.807) is 17.9 Å². The van der Waals surface area contributed by atoms with Crippen LogP contribution in [0.2, 0.25) is 0 Å². The van der Waals surface area contributed by atoms with Crippen molar-refractivity contribution < 1.29 is 47.6 Å². The fraction of sp³-hybridized carbons (Fsp3) is 0.436. The van der Waals surface area contributed by atoms with Crippen LogP contribution in [0.4, 0.5) is 5.69 Å². The molecule has 7 atom stereocenters. The number of ether oxygens (including phenoxy) is 6. The van der Waals surface area contributed by atoms with Crippen LogP contribution in [0.25, 0.3) is 21.7 Å². The summed E-state index contributed by atoms with van der Waals surface area (Å²) in [6.45, 7) is 8.76. The molecule has 14 heteroatoms. The summed E-state index contributed by atoms with van der Waals surface area (Å²) in [5.74, 6) is -1.47. The highest BCUT2D eigenvalue weighted by atomic mass is 35.5. The quantitative estimate of drug-likeness (QED) is 0.117. The van der Waals surface area contributed by atoms with Gasteiger partial charge in [-0.3, -0.25) is 19.2 Å². The molecule has 1 amide bonds. The minimum absolute atomic E-state index is 0.215. The smallest absolute Gasteiger partial charge is 0.303 e. The van der Waals surface area contributed by atoms with Gasteiger partial charge in [-0.25, -0.2) is 0 Å². The Hall–Kier alpha value is -4.85. The minimum atomic E-state index is -1.32. The first-order valence-electron chi connectivity index (χ1n) is 17.5. The first-order chi connectivity index (χ1) is 25.2. The van der Waals surface area contributed by atoms with Gasteiger partial charge in [-0.1, -0.05) is 24.3 Å². The summed E-state index contributed by atoms with van der Waals surface area (Å²) in [5, 5.41) is 2.00. The Morgan fingerprint density at radius 2 is 1.58 bits per heavy atom. The zero-order chi connectivity index (χ0) is 38.1. The normalized spacial score (nSPS) is 23.1. The van der Waals surface area contributed by atoms with Crippen molar-refractivity contribution in [3.8, 4) is 11.5 Å². The number of anilines is 1. The summed E-state index contributed by atoms with van der Waals surface area (Å²) in [6.07, 6.45) is -5.78. The van der Waals surface area contributed by atoms with Gasteiger partial charge in [-0.05, 0) is 63.2 Å². The Morgan fingerprint density at radius 1 is 0.925 bits per heavy atom. The predicted octanol–water partition coefficient (Wildman–Crippen LogP) is 5.55. The number of fused-ring (bicyclic) bond motifs is 4. The maximum Gasteiger partial charge on any atom is 0.303 e. The number of hydrogen-bond acceptors (Lipinski definition) is 11. The zero-order valence-electron chi connectivity index (χ0n) is 30.7. The number of carbonyl (C=O) groups is 4. The predicted molar refractivity (Wildman–Crippen MR) is 198 cm³/mol. The molecule has 1 fully saturated rings. The van der Waals surface area contributed by atoms with E-state index in [1.165, 1.54) is 20.8 Å². The zero-order valence-corrected chi connectivity index (χ0v) is 31.5. The largest absolute Gasteiger partial charge is 0.492 e. The maximum absolute atomic E-state index is 14.4. The van der Waals surface area contributed by atoms with Crippen molar-refractivity contribution in [2.24, 2.45) is 0 Å². The summed E-state index contributed by atoms with van der Waals surface area (Å²) in [6, 6.07) is 16.8. The fourth-order valence-corrected chi connectivity index (χ4v) is 7.22. The molecule has 0 bridgehead atoms. The molecule has 3 aromatic carbocycles. The molecule has 3 heterocycles. The number of alkyl halides is 1. The van der Waals surface area contributed by atoms with Crippen molar-refractivity contribution in [2.75, 3.05) is 38.7 Å². The van der Waals surface area contributed by atoms with E-state index in [0.29, 0.717) is 41.4 Å². The Morgan fingerprint density at radius 3 is 2.25 bits per heavy atom. The molecule has 1 saturated heterocycles. The van der Waals surface area contributed by atoms with Gasteiger partial charge in [0.25, 0.3) is 5.91 Å². The van der Waals surface area contributed by atoms with Crippen LogP contribution in [0.5, 0.6) is 11.5 Å². The summed E-state index contributed by atoms with van der Waals surface area (Å²) in [5.41, 5.74) is 2.65. The lowest BCUT2D eigenvalue weighted by Gasteiger charge is -2.43. The van der Waals surface area contributed by atoms with Crippen molar-refractivity contribution in [2.45, 2.75) is 76.6 Å². The molecular formula is C39H44ClN3O10. The third kappa shape index (κ3) is 8.07. The van der Waals surface area contributed by atoms with Gasteiger partial charge in [0.1, 0.15) is 23.8 Å². The Bertz CT molecular complexity index is 2030. The van der Waals surface area contributed by atoms with Crippen molar-refractivity contribution >= 4 is 62.8 Å². The third-order valence-corrected chi connectivity index (χ3v) is 9.68. The molecule has 4 aromatic rings. The molecule has 0 saturated carbocycles. The second-order valence-electron chi connectivity index (χ2n) is 13.7. The van der Waals surface area contributed by atoms with Crippen LogP contribution >= 0.6 is 11.6 Å². The van der Waals surface area contributed by atoms with Gasteiger partial charge < -0.3 is 43.2 Å². The number of likely N-dealkylation sites (N-methyl/N-ethyl adjacent to an activating group) is 1. The van der Waals surface area contributed by atoms with E-state index in [0.717, 1.165) is 28.4 Å². The topological polar surface area (TPSA) is 146 Å². The molecule has 1 aromatic heterocycles. The van der Waals surface area contributed by atoms with E-state index in [-0.39, 0.29) is 17.2 Å². The molecule has 0 radical (unpaired) electrons. The number of esters is 3. The highest BCUT2D eigenvalue weighted by molar-refractivity contribution is 6.22. The summed E-state index contributed by atoms with van der Waals surface area (Å²) in [4.78, 5) is 58.0. The number of halogens is 1. The number of aromatic nitrogens is 1. The first kappa shape index (κ1) is 37.9. The molecular weight excluding hydrogens is 706 g/mol. The molecule has 6 rings (SSSR count). The average Bonchev–Trinajstić information content (AvgIpc) is 3.69. The highest BCUT2D eigenvalue weighted by Crippen LogP contribution is 2.48. The van der Waals surface area contributed by atoms with E-state index < -0.39 is 48.6 Å². The number of nitrogens with zero attached hydrogens (tertiary/aromatic N) is 2. The Balaban J connectivity index is 1.39. The molecule has 282 valence electrons. The lowest BCUT2D eigenvalue weighted by atomic mass is 9.92. The Labute approximate surface area is 312 Å². The van der Waals surface area contributed by atoms with E-state index in [2.05, 4.69) is 4.98 Å². The van der Waals surface area contributed by atoms with Crippen molar-refractivity contribution in [1.82, 2.24) is 9.88 Å². The molecule has 13 nitrogen and oxygen atoms in total. The monoisotopic (exact) mass is 749 g/mol. The standard InChI is InChI=1S/C39H44ClN3O10/c1-20(40)29-19-43(38(47)31-17-25-16-26(12-13-30(25)41-31)48-15-14-42(6)7)32-18-33(27-10-8-9-11-28(27)34(29)32)53-39-37(52-24(5)46)36(51-23(4)45)35(21(2)49-39)50-22(3)44/h8-13,16-18,20-21,29,35-37,39,41H,14-15,19H2,1-7H3/t20-,21+,29+,35+,36-,37-,39+/m1/s1. The van der Waals surface area contributed by atoms with Crippen molar-refractivity contribution in [3.63, 3.8) is 0 Å². The van der Waals surface area contributed by atoms with Crippen LogP contribution in [0, 0.1) is 0 Å². The van der Waals surface area contributed by atoms with Gasteiger partial charge >= 0.3 is 17.9 Å². The van der Waals surface area contributed by atoms with Gasteiger partial charge in [-0.2, -0.15) is 0 Å². The Kier molecular flexibility index (Phi) is 11.2. The van der Waals surface area contributed by atoms with Crippen molar-refractivity contribution in [3.05, 3.63) is 65.9 Å². The van der Waals surface area contributed by atoms with E-state index in [9.17, 15) is 19.2 Å². The number of amides is 1. The molecule has 2 aliphatic rings. The molecule has 0 unspecified atom stereocenters. The van der Waals surface area contributed by atoms with Gasteiger partial charge in [0.05, 0.1) is 11.8 Å². The molecule has 0 aliphatic carbocycles. The number of benzene rings is 3. The number of hydrogen-bond donors (Lipinski definition) is 1. The number of H-pyrrole nitrogens is 1. The van der Waals surface area contributed by atoms with E-state index >= 15 is 0 Å². The lowest BCUT2D eigenvalue weighted by molar-refractivity contribution is -0.280. The van der Waals surface area contributed by atoms with Crippen LogP contribution in [-0.2, 0) is 33.3 Å². The highest BCUT2D eigenvalue weighted by Gasteiger charge is 2.52. The second kappa shape index (κ2) is 15.6. The van der Waals surface area contributed by atoms with Crippen LogP contribution in [0.3, 0.4) is 0 Å². The van der Waals surface area contributed by atoms with E-state index in [4.69, 9.17) is 40.0 Å². The third-order valence-electron chi connectivity index (χ3n) is 9.37. The number of carbonyl (C=O) groups excluding carboxylic acids is 4. The number of aromatic amines is 1. The number of nitrogens with one attached hydrogen (secondary N) is 1. The molecule has 53 heavy (non-hydrogen) atoms. The van der Waals surface area contributed by atoms with Crippen LogP contribution in [-0.4, -0.2) is 104 Å². The van der Waals surface area contributed by atoms with Gasteiger partial charge in [0.2, 0.25) is 12.4 Å². The fourth-order valence-electron chi connectivity index (χ4n) is 7.01. The van der Waals surface area contributed by atoms with Crippen LogP contribution < -0.4 is 14.4 Å². The maximum atomic E-state index is 14.4.